The summed E-state index contributed by atoms with van der Waals surface area (Å²) in [5.41, 5.74) is -2.64. The molecule has 2 aliphatic carbocycles. The predicted octanol–water partition coefficient (Wildman–Crippen LogP) is 7.15. The average Bonchev–Trinajstić information content (AvgIpc) is 1.67. The van der Waals surface area contributed by atoms with Crippen molar-refractivity contribution in [3.8, 4) is 17.4 Å². The summed E-state index contributed by atoms with van der Waals surface area (Å²) in [5, 5.41) is 35.0. The molecule has 9 atom stereocenters. The highest BCUT2D eigenvalue weighted by Gasteiger charge is 2.64. The molecule has 9 heterocycles. The quantitative estimate of drug-likeness (QED) is 0.0430. The first kappa shape index (κ1) is 77.8. The number of carbonyl (C=O) groups is 11. The van der Waals surface area contributed by atoms with Gasteiger partial charge in [0.2, 0.25) is 29.5 Å². The number of aliphatic hydroxyl groups excluding tert-OH is 2. The van der Waals surface area contributed by atoms with Crippen molar-refractivity contribution < 1.29 is 96.5 Å². The lowest BCUT2D eigenvalue weighted by Crippen LogP contribution is -2.54. The van der Waals surface area contributed by atoms with Crippen molar-refractivity contribution in [2.75, 3.05) is 33.9 Å². The number of nitrogens with one attached hydrogen (secondary N) is 2. The molecule has 556 valence electrons. The number of carbonyl (C=O) groups excluding carboxylic acids is 11. The summed E-state index contributed by atoms with van der Waals surface area (Å²) in [7, 11) is 2.72. The number of pyridine rings is 4. The lowest BCUT2D eigenvalue weighted by Gasteiger charge is -2.35. The van der Waals surface area contributed by atoms with Crippen LogP contribution in [0.5, 0.6) is 17.4 Å². The van der Waals surface area contributed by atoms with Crippen molar-refractivity contribution in [1.82, 2.24) is 40.4 Å². The van der Waals surface area contributed by atoms with Crippen LogP contribution >= 0.6 is 0 Å². The molecule has 5 N–H and O–H groups in total. The first-order valence-electron chi connectivity index (χ1n) is 35.3. The van der Waals surface area contributed by atoms with Gasteiger partial charge < -0.3 is 64.2 Å². The third-order valence-electron chi connectivity index (χ3n) is 19.4. The maximum Gasteiger partial charge on any atom is 0.332 e. The van der Waals surface area contributed by atoms with Gasteiger partial charge in [-0.1, -0.05) is 50.0 Å². The van der Waals surface area contributed by atoms with Crippen molar-refractivity contribution in [2.45, 2.75) is 225 Å². The summed E-state index contributed by atoms with van der Waals surface area (Å²) in [6.45, 7) is 14.2. The summed E-state index contributed by atoms with van der Waals surface area (Å²) in [5.74, 6) is -6.94. The Bertz CT molecular complexity index is 4050. The summed E-state index contributed by atoms with van der Waals surface area (Å²) >= 11 is 0. The number of allylic oxidation sites excluding steroid dienone is 2. The van der Waals surface area contributed by atoms with Gasteiger partial charge in [-0.05, 0) is 132 Å². The second-order valence-electron chi connectivity index (χ2n) is 29.6. The van der Waals surface area contributed by atoms with Crippen LogP contribution in [0.2, 0.25) is 0 Å². The van der Waals surface area contributed by atoms with E-state index in [4.69, 9.17) is 33.5 Å². The van der Waals surface area contributed by atoms with Crippen LogP contribution < -0.4 is 20.1 Å². The van der Waals surface area contributed by atoms with Crippen molar-refractivity contribution in [1.29, 1.82) is 0 Å². The zero-order valence-corrected chi connectivity index (χ0v) is 60.6. The van der Waals surface area contributed by atoms with E-state index in [2.05, 4.69) is 30.6 Å². The molecule has 0 aromatic carbocycles. The summed E-state index contributed by atoms with van der Waals surface area (Å²) in [6.07, 6.45) is 15.2. The molecule has 2 saturated carbocycles. The highest BCUT2D eigenvalue weighted by atomic mass is 16.6. The fourth-order valence-electron chi connectivity index (χ4n) is 14.3. The molecule has 1 spiro atoms. The van der Waals surface area contributed by atoms with Crippen LogP contribution in [-0.2, 0) is 75.3 Å². The van der Waals surface area contributed by atoms with Gasteiger partial charge in [-0.3, -0.25) is 48.1 Å². The largest absolute Gasteiger partial charge is 0.505 e. The second kappa shape index (κ2) is 32.1. The van der Waals surface area contributed by atoms with Gasteiger partial charge in [0.05, 0.1) is 88.6 Å². The standard InChI is InChI=1S/C38H48N4O10.C25H36N2O7.C12H12N2O3/c1-6-50-35(48)38-17-23(38)13-11-9-7-8-10-12-22(16-29(45)51-36(2,3)4)34(47)42-21-37(18-26(42)33(46)41-38)19-27(44)30-31-24(14-15-28(40-31)49-5)39-25(20-43)32(30)52-37;1-24(2,3)34-20(29)12-16-10-8-6-5-7-9-11-17-14-25(17,23(32)33-4)26-21(30)19-13-18(28)15-27(19)22(16)31;1-6-3-4-8-11(13-6)10(7(2)16)12(17)9(5-15)14-8/h11,13-15,22-23,26,43H,6-10,12,16-21H2,1-5H3,(H,41,46);9,11,16-17,19H,5-8,10,12-15H2,1-4H3,(H,26,30);3-4,15,17H,5H2,1-2H3/b13-11-;11-9-;/t22-,23-,26+,37+,38-;16-,17-,19+,25-;/m11./s1. The molecule has 4 aromatic heterocycles. The smallest absolute Gasteiger partial charge is 0.332 e. The number of aromatic hydroxyl groups is 1. The normalized spacial score (nSPS) is 26.5. The monoisotopic (exact) mass is 1430 g/mol. The minimum Gasteiger partial charge on any atom is -0.505 e. The van der Waals surface area contributed by atoms with Crippen LogP contribution in [0.25, 0.3) is 22.1 Å². The molecule has 0 radical (unpaired) electrons. The van der Waals surface area contributed by atoms with E-state index in [-0.39, 0.29) is 126 Å². The number of methoxy groups -OCH3 is 2. The Morgan fingerprint density at radius 1 is 0.670 bits per heavy atom. The summed E-state index contributed by atoms with van der Waals surface area (Å²) in [6, 6.07) is 4.53. The number of amides is 4. The molecule has 0 unspecified atom stereocenters. The average molecular weight is 1430 g/mol. The fraction of sp³-hybridized carbons (Fsp3) is 0.587. The third kappa shape index (κ3) is 18.0. The molecule has 5 aliphatic heterocycles. The summed E-state index contributed by atoms with van der Waals surface area (Å²) in [4.78, 5) is 165. The number of nitrogens with zero attached hydrogens (tertiary/aromatic N) is 6. The first-order valence-corrected chi connectivity index (χ1v) is 35.3. The zero-order valence-electron chi connectivity index (χ0n) is 60.6. The lowest BCUT2D eigenvalue weighted by atomic mass is 9.87. The number of esters is 4. The number of hydrogen-bond donors (Lipinski definition) is 5. The third-order valence-corrected chi connectivity index (χ3v) is 19.4. The minimum absolute atomic E-state index is 0.0308. The van der Waals surface area contributed by atoms with Gasteiger partial charge >= 0.3 is 23.9 Å². The maximum atomic E-state index is 14.7. The van der Waals surface area contributed by atoms with E-state index in [0.29, 0.717) is 48.7 Å². The van der Waals surface area contributed by atoms with Gasteiger partial charge in [-0.2, -0.15) is 0 Å². The van der Waals surface area contributed by atoms with Gasteiger partial charge in [0, 0.05) is 48.3 Å². The molecular weight excluding hydrogens is 1330 g/mol. The SMILES string of the molecule is CC(=O)c1c(O)c(CO)nc2ccc(C)nc12.CCOC(=O)[C@@]12C[C@H]1/C=C\CCCCC[C@H](CC(=O)OC(C)(C)C)C(=O)N1C[C@@]3(CC(=O)c4c(c(CO)nc5ccc(OC)nc45)O3)C[C@H]1C(=O)N2.COC(=O)[C@@]12C[C@H]1/C=C\CCCCC[C@H](CC(=O)OC(C)(C)C)C(=O)N1CC(=O)C[C@H]1C(=O)N2. The number of aromatic nitrogens is 4. The number of rotatable bonds is 11. The molecule has 103 heavy (non-hydrogen) atoms. The molecule has 28 heteroatoms. The van der Waals surface area contributed by atoms with Crippen molar-refractivity contribution in [2.24, 2.45) is 23.7 Å². The highest BCUT2D eigenvalue weighted by Crippen LogP contribution is 2.50. The number of Topliss-reactive ketones (excluding diaryl/α,β-unsaturated/α-hetero) is 3. The molecule has 4 fully saturated rings. The van der Waals surface area contributed by atoms with Crippen LogP contribution in [0, 0.1) is 30.6 Å². The van der Waals surface area contributed by atoms with Crippen molar-refractivity contribution >= 4 is 86.9 Å². The Hall–Kier alpha value is -9.31. The number of hydrogen-bond acceptors (Lipinski definition) is 24. The molecule has 2 saturated heterocycles. The fourth-order valence-corrected chi connectivity index (χ4v) is 14.3. The number of ketones is 3. The lowest BCUT2D eigenvalue weighted by molar-refractivity contribution is -0.159. The number of aryl methyl sites for hydroxylation is 1. The van der Waals surface area contributed by atoms with Gasteiger partial charge in [-0.25, -0.2) is 24.5 Å². The van der Waals surface area contributed by atoms with Gasteiger partial charge in [0.1, 0.15) is 62.4 Å². The first-order chi connectivity index (χ1) is 48.7. The minimum atomic E-state index is -1.39. The number of ether oxygens (including phenoxy) is 6. The van der Waals surface area contributed by atoms with E-state index >= 15 is 0 Å². The van der Waals surface area contributed by atoms with Crippen LogP contribution in [0.4, 0.5) is 0 Å². The zero-order chi connectivity index (χ0) is 75.1. The van der Waals surface area contributed by atoms with Crippen LogP contribution in [0.15, 0.2) is 48.6 Å². The van der Waals surface area contributed by atoms with Crippen LogP contribution in [0.3, 0.4) is 0 Å². The van der Waals surface area contributed by atoms with Gasteiger partial charge in [0.15, 0.2) is 28.8 Å². The van der Waals surface area contributed by atoms with Crippen LogP contribution in [0.1, 0.15) is 202 Å². The van der Waals surface area contributed by atoms with Crippen molar-refractivity contribution in [3.05, 3.63) is 76.8 Å². The second-order valence-corrected chi connectivity index (χ2v) is 29.6. The predicted molar refractivity (Wildman–Crippen MR) is 370 cm³/mol. The molecule has 0 bridgehead atoms. The van der Waals surface area contributed by atoms with E-state index in [1.54, 1.807) is 79.7 Å². The number of aliphatic hydroxyl groups is 2. The van der Waals surface area contributed by atoms with Gasteiger partial charge in [0.25, 0.3) is 0 Å². The Labute approximate surface area is 597 Å². The van der Waals surface area contributed by atoms with Gasteiger partial charge in [-0.15, -0.1) is 0 Å². The van der Waals surface area contributed by atoms with Crippen LogP contribution in [-0.4, -0.2) is 184 Å². The Kier molecular flexibility index (Phi) is 24.3. The number of fused-ring (bicyclic) bond motifs is 8. The molecule has 4 aromatic rings. The maximum absolute atomic E-state index is 14.7. The van der Waals surface area contributed by atoms with E-state index in [0.717, 1.165) is 50.6 Å². The van der Waals surface area contributed by atoms with E-state index in [9.17, 15) is 63.0 Å². The molecule has 7 aliphatic rings. The molecular formula is C75H96N8O20. The Morgan fingerprint density at radius 2 is 1.21 bits per heavy atom. The Balaban J connectivity index is 0.000000205. The molecule has 11 rings (SSSR count). The highest BCUT2D eigenvalue weighted by molar-refractivity contribution is 6.11. The van der Waals surface area contributed by atoms with Crippen molar-refractivity contribution in [3.63, 3.8) is 0 Å². The topological polar surface area (TPSA) is 386 Å². The van der Waals surface area contributed by atoms with E-state index < -0.39 is 113 Å². The molecule has 28 nitrogen and oxygen atoms in total. The summed E-state index contributed by atoms with van der Waals surface area (Å²) < 4.78 is 33.3. The van der Waals surface area contributed by atoms with E-state index in [1.807, 2.05) is 24.3 Å². The Morgan fingerprint density at radius 3 is 1.76 bits per heavy atom. The van der Waals surface area contributed by atoms with E-state index in [1.165, 1.54) is 30.9 Å². The molecule has 4 amide bonds.